The number of nitrogens with zero attached hydrogens (tertiary/aromatic N) is 1. The van der Waals surface area contributed by atoms with Crippen LogP contribution in [0.1, 0.15) is 22.7 Å². The zero-order chi connectivity index (χ0) is 10.5. The van der Waals surface area contributed by atoms with Gasteiger partial charge in [0.1, 0.15) is 0 Å². The summed E-state index contributed by atoms with van der Waals surface area (Å²) >= 11 is 1.80. The van der Waals surface area contributed by atoms with Crippen LogP contribution in [0.15, 0.2) is 6.20 Å². The summed E-state index contributed by atoms with van der Waals surface area (Å²) in [6, 6.07) is 0.660. The third-order valence-corrected chi connectivity index (χ3v) is 3.67. The van der Waals surface area contributed by atoms with Crippen molar-refractivity contribution in [2.75, 3.05) is 19.8 Å². The molecule has 0 aromatic carbocycles. The maximum atomic E-state index is 5.32. The minimum Gasteiger partial charge on any atom is -0.381 e. The van der Waals surface area contributed by atoms with Crippen molar-refractivity contribution in [3.8, 4) is 0 Å². The summed E-state index contributed by atoms with van der Waals surface area (Å²) in [5.41, 5.74) is 0. The number of rotatable bonds is 4. The van der Waals surface area contributed by atoms with Gasteiger partial charge in [-0.25, -0.2) is 4.98 Å². The van der Waals surface area contributed by atoms with Crippen LogP contribution in [-0.2, 0) is 11.2 Å². The Morgan fingerprint density at radius 2 is 2.33 bits per heavy atom. The molecule has 0 unspecified atom stereocenters. The largest absolute Gasteiger partial charge is 0.381 e. The second-order valence-corrected chi connectivity index (χ2v) is 5.26. The summed E-state index contributed by atoms with van der Waals surface area (Å²) in [6.07, 6.45) is 5.40. The lowest BCUT2D eigenvalue weighted by Crippen LogP contribution is -2.35. The predicted molar refractivity (Wildman–Crippen MR) is 62.4 cm³/mol. The van der Waals surface area contributed by atoms with E-state index in [1.165, 1.54) is 4.88 Å². The van der Waals surface area contributed by atoms with Crippen LogP contribution in [0.3, 0.4) is 0 Å². The van der Waals surface area contributed by atoms with E-state index in [0.717, 1.165) is 44.0 Å². The molecule has 0 atom stereocenters. The van der Waals surface area contributed by atoms with Crippen molar-refractivity contribution in [3.63, 3.8) is 0 Å². The van der Waals surface area contributed by atoms with Crippen LogP contribution in [0.25, 0.3) is 0 Å². The van der Waals surface area contributed by atoms with Crippen LogP contribution < -0.4 is 5.32 Å². The van der Waals surface area contributed by atoms with Gasteiger partial charge < -0.3 is 10.1 Å². The quantitative estimate of drug-likeness (QED) is 0.849. The molecule has 0 bridgehead atoms. The first-order chi connectivity index (χ1) is 7.34. The van der Waals surface area contributed by atoms with E-state index in [1.807, 2.05) is 6.20 Å². The molecule has 15 heavy (non-hydrogen) atoms. The lowest BCUT2D eigenvalue weighted by Gasteiger charge is -2.22. The average molecular weight is 226 g/mol. The summed E-state index contributed by atoms with van der Waals surface area (Å²) in [7, 11) is 0. The van der Waals surface area contributed by atoms with Crippen molar-refractivity contribution in [1.82, 2.24) is 10.3 Å². The molecular weight excluding hydrogens is 208 g/mol. The first-order valence-corrected chi connectivity index (χ1v) is 6.38. The minimum atomic E-state index is 0.660. The highest BCUT2D eigenvalue weighted by Crippen LogP contribution is 2.12. The summed E-state index contributed by atoms with van der Waals surface area (Å²) in [5.74, 6) is 0. The van der Waals surface area contributed by atoms with E-state index in [2.05, 4.69) is 17.2 Å². The van der Waals surface area contributed by atoms with Gasteiger partial charge in [-0.05, 0) is 26.2 Å². The zero-order valence-electron chi connectivity index (χ0n) is 9.16. The van der Waals surface area contributed by atoms with Crippen molar-refractivity contribution in [3.05, 3.63) is 16.1 Å². The standard InChI is InChI=1S/C11H18N2OS/c1-9-13-8-11(15-9)2-5-12-10-3-6-14-7-4-10/h8,10,12H,2-7H2,1H3. The average Bonchev–Trinajstić information content (AvgIpc) is 2.66. The Morgan fingerprint density at radius 3 is 3.00 bits per heavy atom. The molecule has 1 N–H and O–H groups in total. The summed E-state index contributed by atoms with van der Waals surface area (Å²) in [6.45, 7) is 4.95. The number of nitrogens with one attached hydrogen (secondary N) is 1. The van der Waals surface area contributed by atoms with E-state index in [1.54, 1.807) is 11.3 Å². The van der Waals surface area contributed by atoms with Crippen LogP contribution in [0.2, 0.25) is 0 Å². The van der Waals surface area contributed by atoms with Crippen LogP contribution in [0.5, 0.6) is 0 Å². The number of ether oxygens (including phenoxy) is 1. The van der Waals surface area contributed by atoms with Gasteiger partial charge in [-0.2, -0.15) is 0 Å². The number of aryl methyl sites for hydroxylation is 1. The molecule has 0 aliphatic carbocycles. The van der Waals surface area contributed by atoms with Gasteiger partial charge in [-0.1, -0.05) is 0 Å². The summed E-state index contributed by atoms with van der Waals surface area (Å²) in [4.78, 5) is 5.63. The van der Waals surface area contributed by atoms with E-state index >= 15 is 0 Å². The second-order valence-electron chi connectivity index (χ2n) is 3.94. The fraction of sp³-hybridized carbons (Fsp3) is 0.727. The molecule has 2 heterocycles. The Hall–Kier alpha value is -0.450. The van der Waals surface area contributed by atoms with Crippen LogP contribution in [0, 0.1) is 6.92 Å². The molecule has 1 aliphatic rings. The van der Waals surface area contributed by atoms with Crippen LogP contribution in [-0.4, -0.2) is 30.8 Å². The van der Waals surface area contributed by atoms with Gasteiger partial charge in [0, 0.05) is 36.9 Å². The molecule has 1 aliphatic heterocycles. The third kappa shape index (κ3) is 3.55. The Bertz CT molecular complexity index is 295. The van der Waals surface area contributed by atoms with Crippen LogP contribution >= 0.6 is 11.3 Å². The highest BCUT2D eigenvalue weighted by atomic mass is 32.1. The molecule has 2 rings (SSSR count). The molecule has 0 amide bonds. The SMILES string of the molecule is Cc1ncc(CCNC2CCOCC2)s1. The molecule has 4 heteroatoms. The lowest BCUT2D eigenvalue weighted by molar-refractivity contribution is 0.0782. The molecule has 0 saturated carbocycles. The van der Waals surface area contributed by atoms with E-state index < -0.39 is 0 Å². The lowest BCUT2D eigenvalue weighted by atomic mass is 10.1. The fourth-order valence-electron chi connectivity index (χ4n) is 1.82. The topological polar surface area (TPSA) is 34.2 Å². The second kappa shape index (κ2) is 5.58. The predicted octanol–water partition coefficient (Wildman–Crippen LogP) is 1.76. The smallest absolute Gasteiger partial charge is 0.0896 e. The molecule has 0 spiro atoms. The van der Waals surface area contributed by atoms with E-state index in [0.29, 0.717) is 6.04 Å². The zero-order valence-corrected chi connectivity index (χ0v) is 9.98. The van der Waals surface area contributed by atoms with Crippen molar-refractivity contribution in [2.24, 2.45) is 0 Å². The molecule has 1 saturated heterocycles. The van der Waals surface area contributed by atoms with Gasteiger partial charge >= 0.3 is 0 Å². The van der Waals surface area contributed by atoms with Crippen molar-refractivity contribution < 1.29 is 4.74 Å². The number of hydrogen-bond acceptors (Lipinski definition) is 4. The molecule has 0 radical (unpaired) electrons. The van der Waals surface area contributed by atoms with Gasteiger partial charge in [0.05, 0.1) is 5.01 Å². The van der Waals surface area contributed by atoms with Gasteiger partial charge in [-0.3, -0.25) is 0 Å². The van der Waals surface area contributed by atoms with E-state index in [4.69, 9.17) is 4.74 Å². The maximum absolute atomic E-state index is 5.32. The monoisotopic (exact) mass is 226 g/mol. The Kier molecular flexibility index (Phi) is 4.11. The highest BCUT2D eigenvalue weighted by Gasteiger charge is 2.12. The maximum Gasteiger partial charge on any atom is 0.0896 e. The number of aromatic nitrogens is 1. The van der Waals surface area contributed by atoms with Gasteiger partial charge in [0.2, 0.25) is 0 Å². The molecule has 1 fully saturated rings. The van der Waals surface area contributed by atoms with Gasteiger partial charge in [0.25, 0.3) is 0 Å². The molecule has 84 valence electrons. The Morgan fingerprint density at radius 1 is 1.53 bits per heavy atom. The molecule has 1 aromatic heterocycles. The van der Waals surface area contributed by atoms with E-state index in [-0.39, 0.29) is 0 Å². The summed E-state index contributed by atoms with van der Waals surface area (Å²) in [5, 5.41) is 4.74. The Labute approximate surface area is 94.9 Å². The van der Waals surface area contributed by atoms with Gasteiger partial charge in [-0.15, -0.1) is 11.3 Å². The third-order valence-electron chi connectivity index (χ3n) is 2.69. The molecule has 3 nitrogen and oxygen atoms in total. The van der Waals surface area contributed by atoms with Gasteiger partial charge in [0.15, 0.2) is 0 Å². The van der Waals surface area contributed by atoms with Crippen molar-refractivity contribution in [1.29, 1.82) is 0 Å². The first kappa shape index (κ1) is 11.0. The first-order valence-electron chi connectivity index (χ1n) is 5.57. The van der Waals surface area contributed by atoms with E-state index in [9.17, 15) is 0 Å². The molecule has 1 aromatic rings. The number of hydrogen-bond donors (Lipinski definition) is 1. The molecular formula is C11H18N2OS. The number of thiazole rings is 1. The minimum absolute atomic E-state index is 0.660. The Balaban J connectivity index is 1.65. The highest BCUT2D eigenvalue weighted by molar-refractivity contribution is 7.11. The normalized spacial score (nSPS) is 18.2. The fourth-order valence-corrected chi connectivity index (χ4v) is 2.62. The van der Waals surface area contributed by atoms with Crippen LogP contribution in [0.4, 0.5) is 0 Å². The van der Waals surface area contributed by atoms with Crippen molar-refractivity contribution >= 4 is 11.3 Å². The summed E-state index contributed by atoms with van der Waals surface area (Å²) < 4.78 is 5.32. The van der Waals surface area contributed by atoms with Crippen molar-refractivity contribution in [2.45, 2.75) is 32.2 Å².